The average molecular weight is 368 g/mol. The van der Waals surface area contributed by atoms with Gasteiger partial charge in [0.25, 0.3) is 0 Å². The van der Waals surface area contributed by atoms with E-state index in [1.807, 2.05) is 12.1 Å². The highest BCUT2D eigenvalue weighted by molar-refractivity contribution is 5.70. The van der Waals surface area contributed by atoms with E-state index in [-0.39, 0.29) is 24.1 Å². The molecule has 1 N–H and O–H groups in total. The number of hydrogen-bond donors (Lipinski definition) is 1. The molecule has 2 heterocycles. The van der Waals surface area contributed by atoms with Crippen LogP contribution in [0.3, 0.4) is 0 Å². The van der Waals surface area contributed by atoms with Crippen molar-refractivity contribution in [3.63, 3.8) is 0 Å². The molecule has 0 unspecified atom stereocenters. The molecular weight excluding hydrogens is 343 g/mol. The maximum Gasteiger partial charge on any atom is 0.410 e. The van der Waals surface area contributed by atoms with E-state index < -0.39 is 0 Å². The van der Waals surface area contributed by atoms with Gasteiger partial charge in [-0.1, -0.05) is 36.4 Å². The summed E-state index contributed by atoms with van der Waals surface area (Å²) in [6.07, 6.45) is 3.49. The first kappa shape index (κ1) is 18.0. The Hall–Kier alpha value is -2.40. The average Bonchev–Trinajstić information content (AvgIpc) is 2.96. The Kier molecular flexibility index (Phi) is 5.39. The lowest BCUT2D eigenvalue weighted by atomic mass is 9.88. The minimum atomic E-state index is -0.285. The van der Waals surface area contributed by atoms with Crippen molar-refractivity contribution < 1.29 is 13.9 Å². The number of hydrogen-bond acceptors (Lipinski definition) is 3. The number of carbonyl (C=O) groups excluding carboxylic acids is 1. The van der Waals surface area contributed by atoms with Crippen molar-refractivity contribution in [3.05, 3.63) is 71.0 Å². The molecule has 1 saturated heterocycles. The van der Waals surface area contributed by atoms with Gasteiger partial charge < -0.3 is 10.1 Å². The summed E-state index contributed by atoms with van der Waals surface area (Å²) in [7, 11) is 0. The second kappa shape index (κ2) is 8.09. The minimum absolute atomic E-state index is 0.0916. The van der Waals surface area contributed by atoms with Crippen molar-refractivity contribution in [2.75, 3.05) is 19.6 Å². The molecule has 1 fully saturated rings. The molecule has 2 aromatic carbocycles. The maximum absolute atomic E-state index is 13.4. The number of benzene rings is 2. The van der Waals surface area contributed by atoms with Crippen LogP contribution in [0.4, 0.5) is 9.18 Å². The number of nitrogens with one attached hydrogen (secondary N) is 1. The summed E-state index contributed by atoms with van der Waals surface area (Å²) in [5.41, 5.74) is 3.22. The third-order valence-electron chi connectivity index (χ3n) is 5.47. The Labute approximate surface area is 159 Å². The van der Waals surface area contributed by atoms with Gasteiger partial charge in [0, 0.05) is 13.1 Å². The quantitative estimate of drug-likeness (QED) is 0.869. The van der Waals surface area contributed by atoms with E-state index >= 15 is 0 Å². The van der Waals surface area contributed by atoms with Crippen LogP contribution in [0.5, 0.6) is 0 Å². The largest absolute Gasteiger partial charge is 0.445 e. The van der Waals surface area contributed by atoms with E-state index in [0.717, 1.165) is 43.4 Å². The predicted octanol–water partition coefficient (Wildman–Crippen LogP) is 4.05. The molecule has 0 aliphatic carbocycles. The second-order valence-corrected chi connectivity index (χ2v) is 7.30. The zero-order valence-electron chi connectivity index (χ0n) is 15.4. The number of nitrogens with zero attached hydrogens (tertiary/aromatic N) is 1. The summed E-state index contributed by atoms with van der Waals surface area (Å²) in [6.45, 7) is 2.28. The van der Waals surface area contributed by atoms with E-state index in [0.29, 0.717) is 13.1 Å². The molecule has 2 aromatic rings. The third kappa shape index (κ3) is 3.98. The van der Waals surface area contributed by atoms with Gasteiger partial charge in [0.05, 0.1) is 6.04 Å². The number of rotatable bonds is 2. The van der Waals surface area contributed by atoms with Gasteiger partial charge in [0.1, 0.15) is 11.9 Å². The molecular formula is C22H25FN2O2. The molecule has 142 valence electrons. The molecule has 0 aromatic heterocycles. The maximum atomic E-state index is 13.4. The Morgan fingerprint density at radius 2 is 1.93 bits per heavy atom. The summed E-state index contributed by atoms with van der Waals surface area (Å²) in [5.74, 6) is -0.276. The molecule has 5 heteroatoms. The standard InChI is InChI=1S/C22H25FN2O2/c23-18-10-8-17(9-11-18)21-20-7-2-1-5-16(20)12-14-25(21)22(26)27-19-6-3-4-13-24-15-19/h1-2,5,7-11,19,21,24H,3-4,6,12-15H2/t19-,21+/m1/s1. The Morgan fingerprint density at radius 3 is 2.78 bits per heavy atom. The van der Waals surface area contributed by atoms with E-state index in [1.165, 1.54) is 17.7 Å². The molecule has 1 amide bonds. The molecule has 2 atom stereocenters. The lowest BCUT2D eigenvalue weighted by Gasteiger charge is -2.37. The van der Waals surface area contributed by atoms with Gasteiger partial charge in [0.2, 0.25) is 0 Å². The fraction of sp³-hybridized carbons (Fsp3) is 0.409. The Balaban J connectivity index is 1.62. The summed E-state index contributed by atoms with van der Waals surface area (Å²) < 4.78 is 19.3. The summed E-state index contributed by atoms with van der Waals surface area (Å²) in [4.78, 5) is 14.8. The SMILES string of the molecule is O=C(O[C@@H]1CCCCNC1)N1CCc2ccccc2[C@@H]1c1ccc(F)cc1. The van der Waals surface area contributed by atoms with Gasteiger partial charge in [0.15, 0.2) is 0 Å². The fourth-order valence-corrected chi connectivity index (χ4v) is 4.07. The monoisotopic (exact) mass is 368 g/mol. The lowest BCUT2D eigenvalue weighted by Crippen LogP contribution is -2.43. The Bertz CT molecular complexity index is 785. The van der Waals surface area contributed by atoms with Crippen molar-refractivity contribution >= 4 is 6.09 Å². The van der Waals surface area contributed by atoms with E-state index in [4.69, 9.17) is 4.74 Å². The molecule has 2 aliphatic rings. The fourth-order valence-electron chi connectivity index (χ4n) is 4.07. The molecule has 27 heavy (non-hydrogen) atoms. The summed E-state index contributed by atoms with van der Waals surface area (Å²) in [5, 5.41) is 3.33. The van der Waals surface area contributed by atoms with Gasteiger partial charge in [-0.15, -0.1) is 0 Å². The van der Waals surface area contributed by atoms with Crippen molar-refractivity contribution in [3.8, 4) is 0 Å². The van der Waals surface area contributed by atoms with Crippen LogP contribution >= 0.6 is 0 Å². The summed E-state index contributed by atoms with van der Waals surface area (Å²) >= 11 is 0. The lowest BCUT2D eigenvalue weighted by molar-refractivity contribution is 0.0513. The smallest absolute Gasteiger partial charge is 0.410 e. The van der Waals surface area contributed by atoms with Crippen molar-refractivity contribution in [1.82, 2.24) is 10.2 Å². The van der Waals surface area contributed by atoms with Crippen molar-refractivity contribution in [2.24, 2.45) is 0 Å². The molecule has 4 nitrogen and oxygen atoms in total. The topological polar surface area (TPSA) is 41.6 Å². The highest BCUT2D eigenvalue weighted by atomic mass is 19.1. The van der Waals surface area contributed by atoms with Gasteiger partial charge >= 0.3 is 6.09 Å². The highest BCUT2D eigenvalue weighted by Gasteiger charge is 2.34. The molecule has 0 spiro atoms. The number of amides is 1. The zero-order valence-corrected chi connectivity index (χ0v) is 15.4. The molecule has 0 radical (unpaired) electrons. The number of fused-ring (bicyclic) bond motifs is 1. The summed E-state index contributed by atoms with van der Waals surface area (Å²) in [6, 6.07) is 14.3. The predicted molar refractivity (Wildman–Crippen MR) is 102 cm³/mol. The van der Waals surface area contributed by atoms with Crippen LogP contribution in [0.1, 0.15) is 42.0 Å². The van der Waals surface area contributed by atoms with Crippen molar-refractivity contribution in [1.29, 1.82) is 0 Å². The van der Waals surface area contributed by atoms with Crippen LogP contribution in [-0.2, 0) is 11.2 Å². The van der Waals surface area contributed by atoms with E-state index in [1.54, 1.807) is 17.0 Å². The van der Waals surface area contributed by atoms with Crippen LogP contribution in [0.25, 0.3) is 0 Å². The zero-order chi connectivity index (χ0) is 18.6. The van der Waals surface area contributed by atoms with Gasteiger partial charge in [-0.05, 0) is 61.1 Å². The molecule has 4 rings (SSSR count). The number of halogens is 1. The van der Waals surface area contributed by atoms with Crippen LogP contribution in [0.2, 0.25) is 0 Å². The Morgan fingerprint density at radius 1 is 1.11 bits per heavy atom. The van der Waals surface area contributed by atoms with Gasteiger partial charge in [-0.2, -0.15) is 0 Å². The minimum Gasteiger partial charge on any atom is -0.445 e. The number of ether oxygens (including phenoxy) is 1. The normalized spacial score (nSPS) is 22.6. The van der Waals surface area contributed by atoms with Gasteiger partial charge in [-0.25, -0.2) is 9.18 Å². The van der Waals surface area contributed by atoms with Crippen LogP contribution < -0.4 is 5.32 Å². The molecule has 0 saturated carbocycles. The first-order valence-electron chi connectivity index (χ1n) is 9.73. The first-order valence-corrected chi connectivity index (χ1v) is 9.73. The van der Waals surface area contributed by atoms with Crippen LogP contribution in [-0.4, -0.2) is 36.7 Å². The van der Waals surface area contributed by atoms with Gasteiger partial charge in [-0.3, -0.25) is 4.90 Å². The number of carbonyl (C=O) groups is 1. The van der Waals surface area contributed by atoms with E-state index in [2.05, 4.69) is 17.4 Å². The van der Waals surface area contributed by atoms with Crippen LogP contribution in [0.15, 0.2) is 48.5 Å². The van der Waals surface area contributed by atoms with E-state index in [9.17, 15) is 9.18 Å². The van der Waals surface area contributed by atoms with Crippen molar-refractivity contribution in [2.45, 2.75) is 37.8 Å². The molecule has 2 aliphatic heterocycles. The third-order valence-corrected chi connectivity index (χ3v) is 5.47. The first-order chi connectivity index (χ1) is 13.2. The second-order valence-electron chi connectivity index (χ2n) is 7.30. The molecule has 0 bridgehead atoms. The van der Waals surface area contributed by atoms with Crippen LogP contribution in [0, 0.1) is 5.82 Å². The highest BCUT2D eigenvalue weighted by Crippen LogP contribution is 2.35.